The van der Waals surface area contributed by atoms with Crippen LogP contribution in [0.3, 0.4) is 0 Å². The molecule has 3 aromatic carbocycles. The standard InChI is InChI=1S/C18H21NO3.C14H11Cl2NO2/c1-19-8-7-18-11-4-5-13(20)17(18)22-16-14(21-2)6-3-10(15(16)18)9-12(11)19;15-10-5-3-6-11(16)14(10)17-12-7-2-1-4-9(12)8-13(18)19/h3,6,11-12,17H,4-5,7-9H2,1-2H3;1-7,17H,8H2,(H,18,19)/t11-,12+,17-,18-;/m0./s1. The van der Waals surface area contributed by atoms with Crippen LogP contribution in [-0.2, 0) is 27.8 Å². The largest absolute Gasteiger partial charge is 0.493 e. The third-order valence-corrected chi connectivity index (χ3v) is 9.80. The Morgan fingerprint density at radius 3 is 2.63 bits per heavy atom. The number of methoxy groups -OCH3 is 1. The zero-order chi connectivity index (χ0) is 28.9. The lowest BCUT2D eigenvalue weighted by Gasteiger charge is -2.57. The minimum absolute atomic E-state index is 0.0642. The molecule has 2 heterocycles. The van der Waals surface area contributed by atoms with E-state index in [9.17, 15) is 9.59 Å². The number of hydrogen-bond acceptors (Lipinski definition) is 6. The van der Waals surface area contributed by atoms with Crippen molar-refractivity contribution in [2.24, 2.45) is 5.92 Å². The molecule has 0 amide bonds. The Kier molecular flexibility index (Phi) is 7.39. The van der Waals surface area contributed by atoms with Crippen LogP contribution < -0.4 is 14.8 Å². The van der Waals surface area contributed by atoms with Gasteiger partial charge in [0.1, 0.15) is 0 Å². The number of rotatable bonds is 5. The van der Waals surface area contributed by atoms with Crippen LogP contribution in [0.25, 0.3) is 0 Å². The number of ketones is 1. The molecule has 1 saturated heterocycles. The number of nitrogens with zero attached hydrogens (tertiary/aromatic N) is 1. The van der Waals surface area contributed by atoms with Gasteiger partial charge in [0.05, 0.1) is 29.3 Å². The van der Waals surface area contributed by atoms with Gasteiger partial charge in [-0.05, 0) is 74.2 Å². The molecule has 1 saturated carbocycles. The Hall–Kier alpha value is -3.26. The lowest BCUT2D eigenvalue weighted by Crippen LogP contribution is -2.65. The Labute approximate surface area is 249 Å². The van der Waals surface area contributed by atoms with Crippen LogP contribution in [0, 0.1) is 5.92 Å². The van der Waals surface area contributed by atoms with Gasteiger partial charge in [-0.3, -0.25) is 9.59 Å². The molecule has 41 heavy (non-hydrogen) atoms. The average molecular weight is 596 g/mol. The number of ether oxygens (including phenoxy) is 2. The number of benzene rings is 3. The number of para-hydroxylation sites is 2. The van der Waals surface area contributed by atoms with Gasteiger partial charge in [0, 0.05) is 29.1 Å². The summed E-state index contributed by atoms with van der Waals surface area (Å²) in [7, 11) is 3.91. The van der Waals surface area contributed by atoms with Crippen molar-refractivity contribution in [2.75, 3.05) is 26.0 Å². The van der Waals surface area contributed by atoms with E-state index in [0.717, 1.165) is 37.3 Å². The summed E-state index contributed by atoms with van der Waals surface area (Å²) in [6, 6.07) is 17.1. The molecule has 0 unspecified atom stereocenters. The maximum Gasteiger partial charge on any atom is 0.307 e. The predicted molar refractivity (Wildman–Crippen MR) is 159 cm³/mol. The monoisotopic (exact) mass is 594 g/mol. The van der Waals surface area contributed by atoms with Gasteiger partial charge < -0.3 is 24.8 Å². The highest BCUT2D eigenvalue weighted by Gasteiger charge is 2.65. The number of anilines is 2. The topological polar surface area (TPSA) is 88.1 Å². The van der Waals surface area contributed by atoms with Gasteiger partial charge in [-0.15, -0.1) is 0 Å². The molecule has 2 aliphatic heterocycles. The highest BCUT2D eigenvalue weighted by Crippen LogP contribution is 2.63. The number of carbonyl (C=O) groups is 2. The van der Waals surface area contributed by atoms with E-state index in [1.807, 2.05) is 12.1 Å². The minimum Gasteiger partial charge on any atom is -0.493 e. The van der Waals surface area contributed by atoms with E-state index >= 15 is 0 Å². The van der Waals surface area contributed by atoms with Crippen LogP contribution >= 0.6 is 23.2 Å². The van der Waals surface area contributed by atoms with Gasteiger partial charge in [-0.2, -0.15) is 0 Å². The fourth-order valence-electron chi connectivity index (χ4n) is 7.38. The van der Waals surface area contributed by atoms with E-state index in [0.29, 0.717) is 45.4 Å². The maximum absolute atomic E-state index is 12.6. The van der Waals surface area contributed by atoms with Crippen molar-refractivity contribution in [2.45, 2.75) is 49.7 Å². The van der Waals surface area contributed by atoms with Crippen molar-refractivity contribution in [1.82, 2.24) is 4.90 Å². The summed E-state index contributed by atoms with van der Waals surface area (Å²) in [6.45, 7) is 1.05. The third kappa shape index (κ3) is 4.64. The molecule has 4 atom stereocenters. The number of carboxylic acids is 1. The first-order valence-corrected chi connectivity index (χ1v) is 14.6. The Bertz CT molecular complexity index is 1510. The first-order valence-electron chi connectivity index (χ1n) is 13.8. The van der Waals surface area contributed by atoms with Gasteiger partial charge in [0.25, 0.3) is 0 Å². The second-order valence-corrected chi connectivity index (χ2v) is 12.0. The third-order valence-electron chi connectivity index (χ3n) is 9.17. The number of piperidine rings is 1. The number of nitrogens with one attached hydrogen (secondary N) is 1. The molecule has 7 nitrogen and oxygen atoms in total. The summed E-state index contributed by atoms with van der Waals surface area (Å²) >= 11 is 12.1. The number of Topliss-reactive ketones (excluding diaryl/α,β-unsaturated/α-hetero) is 1. The fourth-order valence-corrected chi connectivity index (χ4v) is 7.87. The molecule has 2 N–H and O–H groups in total. The molecule has 2 bridgehead atoms. The normalized spacial score (nSPS) is 25.4. The lowest BCUT2D eigenvalue weighted by atomic mass is 9.52. The number of likely N-dealkylation sites (N-methyl/N-ethyl adjacent to an activating group) is 1. The number of carbonyl (C=O) groups excluding carboxylic acids is 1. The van der Waals surface area contributed by atoms with Crippen molar-refractivity contribution >= 4 is 46.3 Å². The summed E-state index contributed by atoms with van der Waals surface area (Å²) in [5.74, 6) is 1.57. The quantitative estimate of drug-likeness (QED) is 0.358. The van der Waals surface area contributed by atoms with E-state index in [-0.39, 0.29) is 23.7 Å². The molecule has 2 aliphatic carbocycles. The van der Waals surface area contributed by atoms with Crippen molar-refractivity contribution < 1.29 is 24.2 Å². The molecule has 2 fully saturated rings. The van der Waals surface area contributed by atoms with Crippen LogP contribution in [0.2, 0.25) is 10.0 Å². The van der Waals surface area contributed by atoms with E-state index in [4.69, 9.17) is 37.8 Å². The first kappa shape index (κ1) is 27.9. The second-order valence-electron chi connectivity index (χ2n) is 11.2. The van der Waals surface area contributed by atoms with Gasteiger partial charge in [0.15, 0.2) is 23.4 Å². The van der Waals surface area contributed by atoms with Gasteiger partial charge in [0.2, 0.25) is 0 Å². The number of hydrogen-bond donors (Lipinski definition) is 2. The molecule has 7 rings (SSSR count). The molecule has 0 radical (unpaired) electrons. The van der Waals surface area contributed by atoms with Crippen LogP contribution in [0.15, 0.2) is 54.6 Å². The zero-order valence-electron chi connectivity index (χ0n) is 23.0. The second kappa shape index (κ2) is 10.9. The van der Waals surface area contributed by atoms with E-state index in [1.165, 1.54) is 11.1 Å². The highest BCUT2D eigenvalue weighted by molar-refractivity contribution is 6.39. The molecule has 3 aromatic rings. The van der Waals surface area contributed by atoms with E-state index in [1.54, 1.807) is 43.5 Å². The number of halogens is 2. The Morgan fingerprint density at radius 2 is 1.90 bits per heavy atom. The average Bonchev–Trinajstić information content (AvgIpc) is 3.30. The lowest BCUT2D eigenvalue weighted by molar-refractivity contribution is -0.138. The van der Waals surface area contributed by atoms with Crippen LogP contribution in [0.1, 0.15) is 36.0 Å². The maximum atomic E-state index is 12.6. The van der Waals surface area contributed by atoms with Crippen LogP contribution in [0.4, 0.5) is 11.4 Å². The summed E-state index contributed by atoms with van der Waals surface area (Å²) in [5, 5.41) is 12.9. The van der Waals surface area contributed by atoms with E-state index in [2.05, 4.69) is 23.3 Å². The van der Waals surface area contributed by atoms with Crippen molar-refractivity contribution in [1.29, 1.82) is 0 Å². The summed E-state index contributed by atoms with van der Waals surface area (Å²) in [4.78, 5) is 25.9. The molecular weight excluding hydrogens is 563 g/mol. The van der Waals surface area contributed by atoms with Crippen LogP contribution in [0.5, 0.6) is 11.5 Å². The number of carboxylic acid groups (broad SMARTS) is 1. The number of aliphatic carboxylic acids is 1. The molecule has 9 heteroatoms. The molecule has 1 spiro atoms. The predicted octanol–water partition coefficient (Wildman–Crippen LogP) is 6.30. The van der Waals surface area contributed by atoms with Crippen molar-refractivity contribution in [3.63, 3.8) is 0 Å². The molecule has 0 aromatic heterocycles. The van der Waals surface area contributed by atoms with Gasteiger partial charge in [-0.25, -0.2) is 0 Å². The van der Waals surface area contributed by atoms with Crippen molar-refractivity contribution in [3.05, 3.63) is 81.3 Å². The van der Waals surface area contributed by atoms with E-state index < -0.39 is 5.97 Å². The molecule has 214 valence electrons. The fraction of sp³-hybridized carbons (Fsp3) is 0.375. The van der Waals surface area contributed by atoms with Gasteiger partial charge >= 0.3 is 5.97 Å². The smallest absolute Gasteiger partial charge is 0.307 e. The van der Waals surface area contributed by atoms with Crippen LogP contribution in [-0.4, -0.2) is 54.6 Å². The minimum atomic E-state index is -0.889. The van der Waals surface area contributed by atoms with Crippen molar-refractivity contribution in [3.8, 4) is 11.5 Å². The number of likely N-dealkylation sites (tertiary alicyclic amines) is 1. The highest BCUT2D eigenvalue weighted by atomic mass is 35.5. The summed E-state index contributed by atoms with van der Waals surface area (Å²) in [5.41, 5.74) is 4.50. The zero-order valence-corrected chi connectivity index (χ0v) is 24.5. The molecule has 4 aliphatic rings. The first-order chi connectivity index (χ1) is 19.7. The summed E-state index contributed by atoms with van der Waals surface area (Å²) in [6.07, 6.45) is 3.41. The Balaban J connectivity index is 0.000000150. The molecular formula is C32H32Cl2N2O5. The summed E-state index contributed by atoms with van der Waals surface area (Å²) < 4.78 is 11.8. The van der Waals surface area contributed by atoms with Gasteiger partial charge in [-0.1, -0.05) is 53.5 Å². The Morgan fingerprint density at radius 1 is 1.15 bits per heavy atom. The SMILES string of the molecule is COc1ccc2c3c1O[C@H]1C(=O)CC[C@H]4[C@@H](C2)N(C)CC[C@]314.O=C(O)Cc1ccccc1Nc1c(Cl)cccc1Cl.